The fourth-order valence-corrected chi connectivity index (χ4v) is 4.06. The Bertz CT molecular complexity index is 562. The van der Waals surface area contributed by atoms with Crippen molar-refractivity contribution in [2.75, 3.05) is 33.2 Å². The number of nitrogens with one attached hydrogen (secondary N) is 1. The second-order valence-electron chi connectivity index (χ2n) is 7.33. The number of halogens is 2. The Morgan fingerprint density at radius 1 is 1.15 bits per heavy atom. The molecule has 26 heavy (non-hydrogen) atoms. The molecule has 148 valence electrons. The maximum Gasteiger partial charge on any atom is 0.239 e. The van der Waals surface area contributed by atoms with Crippen molar-refractivity contribution in [3.05, 3.63) is 35.4 Å². The van der Waals surface area contributed by atoms with Gasteiger partial charge in [-0.05, 0) is 63.2 Å². The van der Waals surface area contributed by atoms with Crippen molar-refractivity contribution in [3.8, 4) is 0 Å². The maximum absolute atomic E-state index is 12.9. The summed E-state index contributed by atoms with van der Waals surface area (Å²) in [5.74, 6) is 1.10. The van der Waals surface area contributed by atoms with E-state index in [1.807, 2.05) is 7.05 Å². The van der Waals surface area contributed by atoms with Gasteiger partial charge in [0.2, 0.25) is 5.91 Å². The molecule has 2 aliphatic heterocycles. The van der Waals surface area contributed by atoms with Gasteiger partial charge in [-0.3, -0.25) is 9.69 Å². The van der Waals surface area contributed by atoms with E-state index in [1.165, 1.54) is 17.5 Å². The van der Waals surface area contributed by atoms with Crippen molar-refractivity contribution in [3.63, 3.8) is 0 Å². The summed E-state index contributed by atoms with van der Waals surface area (Å²) in [5, 5.41) is 3.23. The van der Waals surface area contributed by atoms with E-state index in [2.05, 4.69) is 46.3 Å². The van der Waals surface area contributed by atoms with Crippen LogP contribution in [-0.2, 0) is 17.8 Å². The summed E-state index contributed by atoms with van der Waals surface area (Å²) in [6.07, 6.45) is 4.60. The molecule has 1 amide bonds. The normalized spacial score (nSPS) is 19.1. The summed E-state index contributed by atoms with van der Waals surface area (Å²) in [5.41, 5.74) is 2.83. The number of carbonyl (C=O) groups is 1. The lowest BCUT2D eigenvalue weighted by Gasteiger charge is -2.38. The molecule has 1 N–H and O–H groups in total. The molecule has 2 aliphatic rings. The van der Waals surface area contributed by atoms with E-state index in [1.54, 1.807) is 0 Å². The SMILES string of the molecule is CNCCC1CCN(C(=O)C(C)N2CCc3ccccc3C2)CC1.Cl.Cl. The molecule has 1 aromatic carbocycles. The van der Waals surface area contributed by atoms with E-state index < -0.39 is 0 Å². The van der Waals surface area contributed by atoms with Crippen LogP contribution in [0.5, 0.6) is 0 Å². The monoisotopic (exact) mass is 401 g/mol. The number of hydrogen-bond acceptors (Lipinski definition) is 3. The van der Waals surface area contributed by atoms with Gasteiger partial charge in [0, 0.05) is 26.2 Å². The van der Waals surface area contributed by atoms with E-state index >= 15 is 0 Å². The lowest BCUT2D eigenvalue weighted by Crippen LogP contribution is -2.50. The average molecular weight is 402 g/mol. The molecule has 0 bridgehead atoms. The number of carbonyl (C=O) groups excluding carboxylic acids is 1. The molecular formula is C20H33Cl2N3O. The second-order valence-corrected chi connectivity index (χ2v) is 7.33. The lowest BCUT2D eigenvalue weighted by atomic mass is 9.93. The van der Waals surface area contributed by atoms with Crippen LogP contribution in [0, 0.1) is 5.92 Å². The Balaban J connectivity index is 0.00000169. The number of hydrogen-bond donors (Lipinski definition) is 1. The Kier molecular flexibility index (Phi) is 9.94. The third kappa shape index (κ3) is 5.59. The number of benzene rings is 1. The molecule has 1 aromatic rings. The predicted molar refractivity (Wildman–Crippen MR) is 112 cm³/mol. The zero-order valence-electron chi connectivity index (χ0n) is 15.9. The van der Waals surface area contributed by atoms with Gasteiger partial charge in [-0.25, -0.2) is 0 Å². The van der Waals surface area contributed by atoms with Gasteiger partial charge in [0.1, 0.15) is 0 Å². The van der Waals surface area contributed by atoms with E-state index in [-0.39, 0.29) is 30.9 Å². The van der Waals surface area contributed by atoms with Gasteiger partial charge in [-0.15, -0.1) is 24.8 Å². The summed E-state index contributed by atoms with van der Waals surface area (Å²) >= 11 is 0. The van der Waals surface area contributed by atoms with E-state index in [9.17, 15) is 4.79 Å². The molecule has 4 nitrogen and oxygen atoms in total. The molecular weight excluding hydrogens is 369 g/mol. The first-order valence-corrected chi connectivity index (χ1v) is 9.43. The van der Waals surface area contributed by atoms with Gasteiger partial charge in [0.25, 0.3) is 0 Å². The average Bonchev–Trinajstić information content (AvgIpc) is 2.65. The minimum Gasteiger partial charge on any atom is -0.341 e. The van der Waals surface area contributed by atoms with Crippen molar-refractivity contribution in [2.24, 2.45) is 5.92 Å². The lowest BCUT2D eigenvalue weighted by molar-refractivity contribution is -0.138. The van der Waals surface area contributed by atoms with E-state index in [0.29, 0.717) is 5.91 Å². The first-order valence-electron chi connectivity index (χ1n) is 9.43. The highest BCUT2D eigenvalue weighted by Gasteiger charge is 2.30. The molecule has 0 spiro atoms. The minimum atomic E-state index is -0.00721. The van der Waals surface area contributed by atoms with Gasteiger partial charge in [-0.2, -0.15) is 0 Å². The number of nitrogens with zero attached hydrogens (tertiary/aromatic N) is 2. The zero-order chi connectivity index (χ0) is 16.9. The zero-order valence-corrected chi connectivity index (χ0v) is 17.6. The Hall–Kier alpha value is -0.810. The van der Waals surface area contributed by atoms with Gasteiger partial charge < -0.3 is 10.2 Å². The van der Waals surface area contributed by atoms with Gasteiger partial charge in [0.15, 0.2) is 0 Å². The Morgan fingerprint density at radius 2 is 1.81 bits per heavy atom. The fourth-order valence-electron chi connectivity index (χ4n) is 4.06. The number of likely N-dealkylation sites (tertiary alicyclic amines) is 1. The first kappa shape index (κ1) is 23.2. The summed E-state index contributed by atoms with van der Waals surface area (Å²) < 4.78 is 0. The van der Waals surface area contributed by atoms with Crippen molar-refractivity contribution in [2.45, 2.75) is 45.2 Å². The van der Waals surface area contributed by atoms with Crippen molar-refractivity contribution in [1.82, 2.24) is 15.1 Å². The Morgan fingerprint density at radius 3 is 2.46 bits per heavy atom. The van der Waals surface area contributed by atoms with Gasteiger partial charge in [0.05, 0.1) is 6.04 Å². The maximum atomic E-state index is 12.9. The van der Waals surface area contributed by atoms with Crippen LogP contribution in [-0.4, -0.2) is 55.0 Å². The fraction of sp³-hybridized carbons (Fsp3) is 0.650. The number of piperidine rings is 1. The number of rotatable bonds is 5. The molecule has 1 saturated heterocycles. The topological polar surface area (TPSA) is 35.6 Å². The van der Waals surface area contributed by atoms with E-state index in [0.717, 1.165) is 57.9 Å². The molecule has 0 radical (unpaired) electrons. The smallest absolute Gasteiger partial charge is 0.239 e. The Labute approximate surface area is 170 Å². The molecule has 1 unspecified atom stereocenters. The molecule has 0 aromatic heterocycles. The highest BCUT2D eigenvalue weighted by molar-refractivity contribution is 5.85. The van der Waals surface area contributed by atoms with Crippen LogP contribution >= 0.6 is 24.8 Å². The van der Waals surface area contributed by atoms with Crippen molar-refractivity contribution < 1.29 is 4.79 Å². The molecule has 3 rings (SSSR count). The number of fused-ring (bicyclic) bond motifs is 1. The minimum absolute atomic E-state index is 0. The number of amides is 1. The molecule has 2 heterocycles. The van der Waals surface area contributed by atoms with Crippen LogP contribution in [0.25, 0.3) is 0 Å². The standard InChI is InChI=1S/C20H31N3O.2ClH/c1-16(23-14-10-18-5-3-4-6-19(18)15-23)20(24)22-12-8-17(9-13-22)7-11-21-2;;/h3-6,16-17,21H,7-15H2,1-2H3;2*1H. The van der Waals surface area contributed by atoms with Crippen LogP contribution in [0.4, 0.5) is 0 Å². The summed E-state index contributed by atoms with van der Waals surface area (Å²) in [7, 11) is 2.01. The van der Waals surface area contributed by atoms with Crippen molar-refractivity contribution in [1.29, 1.82) is 0 Å². The van der Waals surface area contributed by atoms with Crippen LogP contribution in [0.15, 0.2) is 24.3 Å². The van der Waals surface area contributed by atoms with Crippen LogP contribution in [0.3, 0.4) is 0 Å². The largest absolute Gasteiger partial charge is 0.341 e. The molecule has 1 atom stereocenters. The van der Waals surface area contributed by atoms with Gasteiger partial charge >= 0.3 is 0 Å². The summed E-state index contributed by atoms with van der Waals surface area (Å²) in [6.45, 7) is 6.93. The third-order valence-electron chi connectivity index (χ3n) is 5.79. The predicted octanol–water partition coefficient (Wildman–Crippen LogP) is 3.12. The summed E-state index contributed by atoms with van der Waals surface area (Å²) in [4.78, 5) is 17.3. The summed E-state index contributed by atoms with van der Waals surface area (Å²) in [6, 6.07) is 8.62. The van der Waals surface area contributed by atoms with Crippen LogP contribution in [0.1, 0.15) is 37.3 Å². The molecule has 1 fully saturated rings. The molecule has 6 heteroatoms. The van der Waals surface area contributed by atoms with Crippen molar-refractivity contribution >= 4 is 30.7 Å². The highest BCUT2D eigenvalue weighted by Crippen LogP contribution is 2.24. The van der Waals surface area contributed by atoms with E-state index in [4.69, 9.17) is 0 Å². The quantitative estimate of drug-likeness (QED) is 0.822. The molecule has 0 saturated carbocycles. The molecule has 0 aliphatic carbocycles. The third-order valence-corrected chi connectivity index (χ3v) is 5.79. The first-order chi connectivity index (χ1) is 11.7. The van der Waals surface area contributed by atoms with Gasteiger partial charge in [-0.1, -0.05) is 24.3 Å². The van der Waals surface area contributed by atoms with Crippen LogP contribution in [0.2, 0.25) is 0 Å². The second kappa shape index (κ2) is 11.1. The van der Waals surface area contributed by atoms with Crippen LogP contribution < -0.4 is 5.32 Å². The highest BCUT2D eigenvalue weighted by atomic mass is 35.5.